The van der Waals surface area contributed by atoms with E-state index in [1.807, 2.05) is 6.92 Å². The highest BCUT2D eigenvalue weighted by atomic mass is 19.1. The molecule has 2 unspecified atom stereocenters. The summed E-state index contributed by atoms with van der Waals surface area (Å²) in [7, 11) is 0. The maximum atomic E-state index is 12.9. The topological polar surface area (TPSA) is 30.5 Å². The van der Waals surface area contributed by atoms with Crippen LogP contribution in [0.2, 0.25) is 0 Å². The molecule has 0 spiro atoms. The van der Waals surface area contributed by atoms with Crippen LogP contribution in [0, 0.1) is 11.6 Å². The summed E-state index contributed by atoms with van der Waals surface area (Å²) in [5, 5.41) is 3.23. The molecule has 1 saturated heterocycles. The quantitative estimate of drug-likeness (QED) is 0.893. The van der Waals surface area contributed by atoms with Crippen molar-refractivity contribution in [3.05, 3.63) is 35.4 Å². The Bertz CT molecular complexity index is 380. The normalized spacial score (nSPS) is 24.2. The molecular formula is C13H17F2NO2. The first-order valence-electron chi connectivity index (χ1n) is 6.02. The third-order valence-electron chi connectivity index (χ3n) is 2.72. The first-order valence-corrected chi connectivity index (χ1v) is 6.02. The number of ether oxygens (including phenoxy) is 2. The molecular weight excluding hydrogens is 240 g/mol. The number of rotatable bonds is 4. The SMILES string of the molecule is CC1CNCC(COCc2cc(F)cc(F)c2)O1. The molecule has 18 heavy (non-hydrogen) atoms. The van der Waals surface area contributed by atoms with Gasteiger partial charge in [0, 0.05) is 19.2 Å². The molecule has 1 aromatic rings. The Balaban J connectivity index is 1.77. The Hall–Kier alpha value is -1.04. The van der Waals surface area contributed by atoms with E-state index in [9.17, 15) is 8.78 Å². The van der Waals surface area contributed by atoms with Crippen molar-refractivity contribution in [2.24, 2.45) is 0 Å². The molecule has 2 atom stereocenters. The molecule has 0 bridgehead atoms. The van der Waals surface area contributed by atoms with E-state index in [1.165, 1.54) is 12.1 Å². The number of halogens is 2. The monoisotopic (exact) mass is 257 g/mol. The molecule has 0 saturated carbocycles. The predicted octanol–water partition coefficient (Wildman–Crippen LogP) is 1.86. The molecule has 2 rings (SSSR count). The highest BCUT2D eigenvalue weighted by Crippen LogP contribution is 2.10. The molecule has 1 aliphatic heterocycles. The first kappa shape index (κ1) is 13.4. The molecule has 3 nitrogen and oxygen atoms in total. The highest BCUT2D eigenvalue weighted by Gasteiger charge is 2.18. The fourth-order valence-electron chi connectivity index (χ4n) is 1.97. The van der Waals surface area contributed by atoms with Crippen molar-refractivity contribution < 1.29 is 18.3 Å². The van der Waals surface area contributed by atoms with Crippen LogP contribution in [0.1, 0.15) is 12.5 Å². The second-order valence-electron chi connectivity index (χ2n) is 4.52. The molecule has 100 valence electrons. The van der Waals surface area contributed by atoms with Crippen molar-refractivity contribution in [3.8, 4) is 0 Å². The van der Waals surface area contributed by atoms with Gasteiger partial charge >= 0.3 is 0 Å². The van der Waals surface area contributed by atoms with Gasteiger partial charge in [-0.1, -0.05) is 0 Å². The van der Waals surface area contributed by atoms with Crippen LogP contribution in [0.4, 0.5) is 8.78 Å². The van der Waals surface area contributed by atoms with E-state index in [-0.39, 0.29) is 18.8 Å². The van der Waals surface area contributed by atoms with E-state index in [2.05, 4.69) is 5.32 Å². The maximum Gasteiger partial charge on any atom is 0.126 e. The Morgan fingerprint density at radius 2 is 2.00 bits per heavy atom. The Labute approximate surface area is 105 Å². The van der Waals surface area contributed by atoms with Crippen LogP contribution in [-0.2, 0) is 16.1 Å². The zero-order valence-electron chi connectivity index (χ0n) is 10.3. The van der Waals surface area contributed by atoms with Gasteiger partial charge in [0.25, 0.3) is 0 Å². The largest absolute Gasteiger partial charge is 0.374 e. The number of hydrogen-bond donors (Lipinski definition) is 1. The van der Waals surface area contributed by atoms with Gasteiger partial charge < -0.3 is 14.8 Å². The Morgan fingerprint density at radius 3 is 2.67 bits per heavy atom. The summed E-state index contributed by atoms with van der Waals surface area (Å²) in [4.78, 5) is 0. The van der Waals surface area contributed by atoms with E-state index >= 15 is 0 Å². The average molecular weight is 257 g/mol. The van der Waals surface area contributed by atoms with Gasteiger partial charge in [0.2, 0.25) is 0 Å². The van der Waals surface area contributed by atoms with E-state index in [1.54, 1.807) is 0 Å². The van der Waals surface area contributed by atoms with E-state index in [0.717, 1.165) is 19.2 Å². The fraction of sp³-hybridized carbons (Fsp3) is 0.538. The average Bonchev–Trinajstić information content (AvgIpc) is 2.27. The van der Waals surface area contributed by atoms with Gasteiger partial charge in [0.05, 0.1) is 25.4 Å². The molecule has 1 fully saturated rings. The lowest BCUT2D eigenvalue weighted by atomic mass is 10.2. The van der Waals surface area contributed by atoms with Gasteiger partial charge in [-0.3, -0.25) is 0 Å². The smallest absolute Gasteiger partial charge is 0.126 e. The van der Waals surface area contributed by atoms with Gasteiger partial charge in [-0.05, 0) is 24.6 Å². The second kappa shape index (κ2) is 6.22. The Kier molecular flexibility index (Phi) is 4.63. The minimum atomic E-state index is -0.585. The van der Waals surface area contributed by atoms with Crippen LogP contribution < -0.4 is 5.32 Å². The lowest BCUT2D eigenvalue weighted by Gasteiger charge is -2.28. The lowest BCUT2D eigenvalue weighted by Crippen LogP contribution is -2.45. The van der Waals surface area contributed by atoms with Crippen molar-refractivity contribution >= 4 is 0 Å². The van der Waals surface area contributed by atoms with Crippen molar-refractivity contribution in [2.75, 3.05) is 19.7 Å². The maximum absolute atomic E-state index is 12.9. The minimum Gasteiger partial charge on any atom is -0.374 e. The zero-order valence-corrected chi connectivity index (χ0v) is 10.3. The van der Waals surface area contributed by atoms with Crippen LogP contribution in [0.15, 0.2) is 18.2 Å². The van der Waals surface area contributed by atoms with Crippen molar-refractivity contribution in [3.63, 3.8) is 0 Å². The number of nitrogens with one attached hydrogen (secondary N) is 1. The molecule has 0 radical (unpaired) electrons. The van der Waals surface area contributed by atoms with Gasteiger partial charge in [0.1, 0.15) is 11.6 Å². The zero-order chi connectivity index (χ0) is 13.0. The molecule has 5 heteroatoms. The van der Waals surface area contributed by atoms with E-state index < -0.39 is 11.6 Å². The summed E-state index contributed by atoms with van der Waals surface area (Å²) in [5.74, 6) is -1.17. The second-order valence-corrected chi connectivity index (χ2v) is 4.52. The van der Waals surface area contributed by atoms with Gasteiger partial charge in [-0.15, -0.1) is 0 Å². The number of benzene rings is 1. The molecule has 1 N–H and O–H groups in total. The third-order valence-corrected chi connectivity index (χ3v) is 2.72. The van der Waals surface area contributed by atoms with Gasteiger partial charge in [0.15, 0.2) is 0 Å². The van der Waals surface area contributed by atoms with Crippen LogP contribution in [0.3, 0.4) is 0 Å². The lowest BCUT2D eigenvalue weighted by molar-refractivity contribution is -0.0716. The van der Waals surface area contributed by atoms with Crippen molar-refractivity contribution in [1.29, 1.82) is 0 Å². The Morgan fingerprint density at radius 1 is 1.28 bits per heavy atom. The molecule has 0 aliphatic carbocycles. The van der Waals surface area contributed by atoms with Crippen LogP contribution in [0.25, 0.3) is 0 Å². The van der Waals surface area contributed by atoms with Crippen LogP contribution in [-0.4, -0.2) is 31.9 Å². The standard InChI is InChI=1S/C13H17F2NO2/c1-9-5-16-6-13(18-9)8-17-7-10-2-11(14)4-12(15)3-10/h2-4,9,13,16H,5-8H2,1H3. The summed E-state index contributed by atoms with van der Waals surface area (Å²) < 4.78 is 36.9. The molecule has 0 amide bonds. The summed E-state index contributed by atoms with van der Waals surface area (Å²) >= 11 is 0. The van der Waals surface area contributed by atoms with Crippen LogP contribution in [0.5, 0.6) is 0 Å². The predicted molar refractivity (Wildman–Crippen MR) is 63.2 cm³/mol. The molecule has 1 aliphatic rings. The summed E-state index contributed by atoms with van der Waals surface area (Å²) in [6.07, 6.45) is 0.158. The van der Waals surface area contributed by atoms with Crippen molar-refractivity contribution in [1.82, 2.24) is 5.32 Å². The van der Waals surface area contributed by atoms with Gasteiger partial charge in [-0.2, -0.15) is 0 Å². The molecule has 0 aromatic heterocycles. The summed E-state index contributed by atoms with van der Waals surface area (Å²) in [5.41, 5.74) is 0.490. The number of hydrogen-bond acceptors (Lipinski definition) is 3. The first-order chi connectivity index (χ1) is 8.63. The summed E-state index contributed by atoms with van der Waals surface area (Å²) in [6.45, 7) is 4.16. The molecule has 1 heterocycles. The highest BCUT2D eigenvalue weighted by molar-refractivity contribution is 5.16. The minimum absolute atomic E-state index is 0.00726. The van der Waals surface area contributed by atoms with E-state index in [4.69, 9.17) is 9.47 Å². The summed E-state index contributed by atoms with van der Waals surface area (Å²) in [6, 6.07) is 3.39. The van der Waals surface area contributed by atoms with Gasteiger partial charge in [-0.25, -0.2) is 8.78 Å². The molecule has 1 aromatic carbocycles. The number of morpholine rings is 1. The van der Waals surface area contributed by atoms with Crippen LogP contribution >= 0.6 is 0 Å². The van der Waals surface area contributed by atoms with E-state index in [0.29, 0.717) is 12.2 Å². The fourth-order valence-corrected chi connectivity index (χ4v) is 1.97. The van der Waals surface area contributed by atoms with Crippen molar-refractivity contribution in [2.45, 2.75) is 25.7 Å². The third kappa shape index (κ3) is 4.01.